The molecule has 1 heterocycles. The third-order valence-corrected chi connectivity index (χ3v) is 4.91. The largest absolute Gasteiger partial charge is 0.311 e. The number of hydrogen-bond acceptors (Lipinski definition) is 2. The smallest absolute Gasteiger partial charge is 0.0269 e. The zero-order valence-electron chi connectivity index (χ0n) is 15.4. The third kappa shape index (κ3) is 7.65. The number of nitrogens with one attached hydrogen (secondary N) is 1. The molecule has 0 aromatic rings. The molecule has 21 heavy (non-hydrogen) atoms. The van der Waals surface area contributed by atoms with Crippen molar-refractivity contribution in [2.45, 2.75) is 98.1 Å². The van der Waals surface area contributed by atoms with Crippen LogP contribution in [0.15, 0.2) is 0 Å². The lowest BCUT2D eigenvalue weighted by Gasteiger charge is -2.46. The monoisotopic (exact) mass is 296 g/mol. The van der Waals surface area contributed by atoms with Crippen LogP contribution in [0.5, 0.6) is 0 Å². The average molecular weight is 297 g/mol. The van der Waals surface area contributed by atoms with E-state index in [-0.39, 0.29) is 0 Å². The Morgan fingerprint density at radius 1 is 0.952 bits per heavy atom. The van der Waals surface area contributed by atoms with Gasteiger partial charge in [0.25, 0.3) is 0 Å². The summed E-state index contributed by atoms with van der Waals surface area (Å²) in [5, 5.41) is 3.66. The van der Waals surface area contributed by atoms with E-state index in [1.54, 1.807) is 0 Å². The highest BCUT2D eigenvalue weighted by atomic mass is 15.2. The van der Waals surface area contributed by atoms with Crippen LogP contribution in [0.25, 0.3) is 0 Å². The normalized spacial score (nSPS) is 24.4. The van der Waals surface area contributed by atoms with Crippen LogP contribution in [0.1, 0.15) is 86.0 Å². The molecule has 1 aliphatic rings. The first-order chi connectivity index (χ1) is 9.95. The predicted octanol–water partition coefficient (Wildman–Crippen LogP) is 4.84. The first-order valence-electron chi connectivity index (χ1n) is 9.42. The molecule has 0 amide bonds. The number of unbranched alkanes of at least 4 members (excludes halogenated alkanes) is 7. The average Bonchev–Trinajstić information content (AvgIpc) is 2.40. The molecule has 2 atom stereocenters. The Bertz CT molecular complexity index is 257. The molecule has 0 bridgehead atoms. The van der Waals surface area contributed by atoms with Crippen molar-refractivity contribution in [3.63, 3.8) is 0 Å². The summed E-state index contributed by atoms with van der Waals surface area (Å²) in [6.07, 6.45) is 11.4. The van der Waals surface area contributed by atoms with Gasteiger partial charge >= 0.3 is 0 Å². The molecule has 2 unspecified atom stereocenters. The van der Waals surface area contributed by atoms with Gasteiger partial charge in [-0.2, -0.15) is 0 Å². The third-order valence-electron chi connectivity index (χ3n) is 4.91. The zero-order valence-corrected chi connectivity index (χ0v) is 15.4. The van der Waals surface area contributed by atoms with Crippen LogP contribution >= 0.6 is 0 Å². The summed E-state index contributed by atoms with van der Waals surface area (Å²) >= 11 is 0. The maximum atomic E-state index is 3.66. The zero-order chi connectivity index (χ0) is 15.7. The topological polar surface area (TPSA) is 15.3 Å². The molecule has 1 N–H and O–H groups in total. The van der Waals surface area contributed by atoms with Gasteiger partial charge in [-0.05, 0) is 25.3 Å². The standard InChI is InChI=1S/C19H40N2/c1-6-7-8-9-10-11-12-13-14-21-16-17(2)20-15-18(21)19(3,4)5/h17-18,20H,6-16H2,1-5H3. The summed E-state index contributed by atoms with van der Waals surface area (Å²) < 4.78 is 0. The van der Waals surface area contributed by atoms with Crippen LogP contribution in [0.4, 0.5) is 0 Å². The van der Waals surface area contributed by atoms with Gasteiger partial charge in [0.05, 0.1) is 0 Å². The van der Waals surface area contributed by atoms with Crippen LogP contribution in [0, 0.1) is 5.41 Å². The first kappa shape index (κ1) is 19.0. The summed E-state index contributed by atoms with van der Waals surface area (Å²) in [4.78, 5) is 2.75. The van der Waals surface area contributed by atoms with E-state index in [2.05, 4.69) is 44.8 Å². The van der Waals surface area contributed by atoms with Gasteiger partial charge in [0.2, 0.25) is 0 Å². The highest BCUT2D eigenvalue weighted by Gasteiger charge is 2.33. The molecular weight excluding hydrogens is 256 g/mol. The second-order valence-corrected chi connectivity index (χ2v) is 8.16. The second kappa shape index (κ2) is 9.84. The van der Waals surface area contributed by atoms with Crippen molar-refractivity contribution < 1.29 is 0 Å². The molecule has 1 saturated heterocycles. The van der Waals surface area contributed by atoms with E-state index < -0.39 is 0 Å². The van der Waals surface area contributed by atoms with Gasteiger partial charge in [-0.15, -0.1) is 0 Å². The predicted molar refractivity (Wildman–Crippen MR) is 94.9 cm³/mol. The van der Waals surface area contributed by atoms with Crippen molar-refractivity contribution in [2.75, 3.05) is 19.6 Å². The molecule has 0 aromatic heterocycles. The Kier molecular flexibility index (Phi) is 8.89. The molecule has 0 aromatic carbocycles. The molecule has 0 aliphatic carbocycles. The van der Waals surface area contributed by atoms with Crippen molar-refractivity contribution in [2.24, 2.45) is 5.41 Å². The van der Waals surface area contributed by atoms with Gasteiger partial charge in [-0.25, -0.2) is 0 Å². The summed E-state index contributed by atoms with van der Waals surface area (Å²) in [5.41, 5.74) is 0.382. The molecule has 0 spiro atoms. The Labute approximate surface area is 134 Å². The summed E-state index contributed by atoms with van der Waals surface area (Å²) in [7, 11) is 0. The maximum absolute atomic E-state index is 3.66. The van der Waals surface area contributed by atoms with E-state index in [1.807, 2.05) is 0 Å². The van der Waals surface area contributed by atoms with Gasteiger partial charge in [0.1, 0.15) is 0 Å². The number of nitrogens with zero attached hydrogens (tertiary/aromatic N) is 1. The van der Waals surface area contributed by atoms with Crippen molar-refractivity contribution >= 4 is 0 Å². The lowest BCUT2D eigenvalue weighted by Crippen LogP contribution is -2.59. The lowest BCUT2D eigenvalue weighted by molar-refractivity contribution is 0.0575. The molecule has 126 valence electrons. The van der Waals surface area contributed by atoms with E-state index in [4.69, 9.17) is 0 Å². The van der Waals surface area contributed by atoms with Crippen molar-refractivity contribution in [3.05, 3.63) is 0 Å². The van der Waals surface area contributed by atoms with Crippen LogP contribution in [0.3, 0.4) is 0 Å². The number of piperazine rings is 1. The summed E-state index contributed by atoms with van der Waals surface area (Å²) in [6, 6.07) is 1.34. The molecular formula is C19H40N2. The molecule has 1 rings (SSSR count). The summed E-state index contributed by atoms with van der Waals surface area (Å²) in [5.74, 6) is 0. The summed E-state index contributed by atoms with van der Waals surface area (Å²) in [6.45, 7) is 15.4. The Morgan fingerprint density at radius 3 is 2.10 bits per heavy atom. The Hall–Kier alpha value is -0.0800. The van der Waals surface area contributed by atoms with Crippen LogP contribution in [-0.4, -0.2) is 36.6 Å². The van der Waals surface area contributed by atoms with Crippen molar-refractivity contribution in [3.8, 4) is 0 Å². The van der Waals surface area contributed by atoms with E-state index in [0.717, 1.165) is 6.54 Å². The van der Waals surface area contributed by atoms with Crippen LogP contribution in [0.2, 0.25) is 0 Å². The minimum Gasteiger partial charge on any atom is -0.311 e. The number of rotatable bonds is 9. The van der Waals surface area contributed by atoms with Gasteiger partial charge in [0, 0.05) is 25.2 Å². The number of hydrogen-bond donors (Lipinski definition) is 1. The molecule has 1 fully saturated rings. The molecule has 2 nitrogen and oxygen atoms in total. The van der Waals surface area contributed by atoms with Crippen LogP contribution < -0.4 is 5.32 Å². The van der Waals surface area contributed by atoms with E-state index in [9.17, 15) is 0 Å². The Morgan fingerprint density at radius 2 is 1.52 bits per heavy atom. The highest BCUT2D eigenvalue weighted by Crippen LogP contribution is 2.26. The van der Waals surface area contributed by atoms with Gasteiger partial charge < -0.3 is 5.32 Å². The molecule has 0 saturated carbocycles. The minimum atomic E-state index is 0.382. The van der Waals surface area contributed by atoms with E-state index >= 15 is 0 Å². The maximum Gasteiger partial charge on any atom is 0.0269 e. The Balaban J connectivity index is 2.18. The highest BCUT2D eigenvalue weighted by molar-refractivity contribution is 4.91. The second-order valence-electron chi connectivity index (χ2n) is 8.16. The van der Waals surface area contributed by atoms with E-state index in [0.29, 0.717) is 17.5 Å². The quantitative estimate of drug-likeness (QED) is 0.613. The van der Waals surface area contributed by atoms with Gasteiger partial charge in [0.15, 0.2) is 0 Å². The molecule has 2 heteroatoms. The van der Waals surface area contributed by atoms with Crippen molar-refractivity contribution in [1.29, 1.82) is 0 Å². The van der Waals surface area contributed by atoms with Gasteiger partial charge in [-0.1, -0.05) is 72.6 Å². The fourth-order valence-electron chi connectivity index (χ4n) is 3.54. The SMILES string of the molecule is CCCCCCCCCCN1CC(C)NCC1C(C)(C)C. The fourth-order valence-corrected chi connectivity index (χ4v) is 3.54. The minimum absolute atomic E-state index is 0.382. The van der Waals surface area contributed by atoms with E-state index in [1.165, 1.54) is 64.5 Å². The lowest BCUT2D eigenvalue weighted by atomic mass is 9.84. The first-order valence-corrected chi connectivity index (χ1v) is 9.42. The molecule has 0 radical (unpaired) electrons. The fraction of sp³-hybridized carbons (Fsp3) is 1.00. The van der Waals surface area contributed by atoms with Gasteiger partial charge in [-0.3, -0.25) is 4.90 Å². The molecule has 1 aliphatic heterocycles. The van der Waals surface area contributed by atoms with Crippen LogP contribution in [-0.2, 0) is 0 Å². The van der Waals surface area contributed by atoms with Crippen molar-refractivity contribution in [1.82, 2.24) is 10.2 Å².